The van der Waals surface area contributed by atoms with Gasteiger partial charge in [-0.25, -0.2) is 0 Å². The SMILES string of the molecule is CCCCCCCCCCCCCC[N+](Cc1ccccc1)(C(C)O)C(C)O.O=[N+]([O-])[O-]. The first-order chi connectivity index (χ1) is 15.3. The monoisotopic (exact) mass is 454 g/mol. The standard InChI is InChI=1S/C25H46NO2.NO3/c1-4-5-6-7-8-9-10-11-12-13-14-18-21-26(23(2)27,24(3)28)22-25-19-16-15-17-20-25;2-1(3)4/h15-17,19-20,23-24,27-28H,4-14,18,21-22H2,1-3H3;/q+1;-1. The van der Waals surface area contributed by atoms with Gasteiger partial charge in [-0.05, 0) is 12.8 Å². The van der Waals surface area contributed by atoms with E-state index in [9.17, 15) is 10.2 Å². The van der Waals surface area contributed by atoms with Gasteiger partial charge in [0.15, 0.2) is 12.5 Å². The summed E-state index contributed by atoms with van der Waals surface area (Å²) in [6, 6.07) is 10.2. The van der Waals surface area contributed by atoms with E-state index in [0.29, 0.717) is 11.0 Å². The van der Waals surface area contributed by atoms with Gasteiger partial charge >= 0.3 is 0 Å². The molecule has 2 N–H and O–H groups in total. The van der Waals surface area contributed by atoms with Crippen molar-refractivity contribution in [2.45, 2.75) is 117 Å². The fraction of sp³-hybridized carbons (Fsp3) is 0.760. The van der Waals surface area contributed by atoms with E-state index in [0.717, 1.165) is 13.0 Å². The van der Waals surface area contributed by atoms with Gasteiger partial charge in [-0.3, -0.25) is 4.48 Å². The van der Waals surface area contributed by atoms with Gasteiger partial charge in [0.25, 0.3) is 0 Å². The Morgan fingerprint density at radius 2 is 1.16 bits per heavy atom. The summed E-state index contributed by atoms with van der Waals surface area (Å²) >= 11 is 0. The Labute approximate surface area is 194 Å². The maximum atomic E-state index is 10.5. The molecule has 0 bridgehead atoms. The Kier molecular flexibility index (Phi) is 17.8. The zero-order valence-corrected chi connectivity index (χ0v) is 20.5. The van der Waals surface area contributed by atoms with E-state index < -0.39 is 17.5 Å². The lowest BCUT2D eigenvalue weighted by molar-refractivity contribution is -1.02. The molecule has 0 spiro atoms. The Morgan fingerprint density at radius 1 is 0.781 bits per heavy atom. The first kappa shape index (κ1) is 30.3. The van der Waals surface area contributed by atoms with Crippen molar-refractivity contribution in [1.29, 1.82) is 0 Å². The summed E-state index contributed by atoms with van der Waals surface area (Å²) in [5.41, 5.74) is 1.17. The van der Waals surface area contributed by atoms with E-state index in [1.54, 1.807) is 0 Å². The van der Waals surface area contributed by atoms with Crippen LogP contribution >= 0.6 is 0 Å². The Balaban J connectivity index is 0.00000220. The lowest BCUT2D eigenvalue weighted by Gasteiger charge is -2.43. The van der Waals surface area contributed by atoms with Crippen LogP contribution in [-0.2, 0) is 6.54 Å². The predicted molar refractivity (Wildman–Crippen MR) is 130 cm³/mol. The van der Waals surface area contributed by atoms with Crippen LogP contribution in [0.3, 0.4) is 0 Å². The molecule has 0 aliphatic carbocycles. The minimum atomic E-state index is -1.75. The van der Waals surface area contributed by atoms with Gasteiger partial charge < -0.3 is 25.5 Å². The van der Waals surface area contributed by atoms with Crippen molar-refractivity contribution in [2.75, 3.05) is 6.54 Å². The number of hydrogen-bond acceptors (Lipinski definition) is 5. The number of unbranched alkanes of at least 4 members (excludes halogenated alkanes) is 11. The van der Waals surface area contributed by atoms with Gasteiger partial charge in [-0.15, -0.1) is 0 Å². The van der Waals surface area contributed by atoms with E-state index >= 15 is 0 Å². The Bertz CT molecular complexity index is 555. The maximum Gasteiger partial charge on any atom is 0.189 e. The van der Waals surface area contributed by atoms with Crippen LogP contribution in [0.25, 0.3) is 0 Å². The second kappa shape index (κ2) is 18.8. The maximum absolute atomic E-state index is 10.5. The van der Waals surface area contributed by atoms with Crippen LogP contribution in [0, 0.1) is 15.3 Å². The first-order valence-corrected chi connectivity index (χ1v) is 12.3. The zero-order chi connectivity index (χ0) is 24.2. The molecular formula is C25H46N2O5. The highest BCUT2D eigenvalue weighted by Gasteiger charge is 2.37. The van der Waals surface area contributed by atoms with Crippen LogP contribution in [0.2, 0.25) is 0 Å². The molecule has 7 nitrogen and oxygen atoms in total. The molecule has 0 amide bonds. The molecule has 0 aliphatic rings. The molecule has 0 aliphatic heterocycles. The molecule has 1 rings (SSSR count). The normalized spacial score (nSPS) is 14.7. The second-order valence-corrected chi connectivity index (χ2v) is 8.85. The van der Waals surface area contributed by atoms with Crippen molar-refractivity contribution in [1.82, 2.24) is 0 Å². The largest absolute Gasteiger partial charge is 0.356 e. The van der Waals surface area contributed by atoms with Crippen molar-refractivity contribution in [3.63, 3.8) is 0 Å². The summed E-state index contributed by atoms with van der Waals surface area (Å²) in [6.07, 6.45) is 14.7. The minimum absolute atomic E-state index is 0.335. The molecule has 0 saturated carbocycles. The fourth-order valence-electron chi connectivity index (χ4n) is 4.20. The summed E-state index contributed by atoms with van der Waals surface area (Å²) in [5, 5.41) is 35.7. The molecule has 0 aromatic heterocycles. The molecule has 32 heavy (non-hydrogen) atoms. The van der Waals surface area contributed by atoms with Gasteiger partial charge in [0.05, 0.1) is 11.6 Å². The third kappa shape index (κ3) is 14.4. The number of quaternary nitrogens is 1. The van der Waals surface area contributed by atoms with E-state index in [4.69, 9.17) is 15.3 Å². The Hall–Kier alpha value is -1.70. The number of hydrogen-bond donors (Lipinski definition) is 2. The van der Waals surface area contributed by atoms with E-state index in [1.807, 2.05) is 32.0 Å². The van der Waals surface area contributed by atoms with Crippen molar-refractivity contribution < 1.29 is 19.8 Å². The van der Waals surface area contributed by atoms with Crippen molar-refractivity contribution >= 4 is 0 Å². The third-order valence-electron chi connectivity index (χ3n) is 6.24. The smallest absolute Gasteiger partial charge is 0.189 e. The van der Waals surface area contributed by atoms with Gasteiger partial charge in [0.2, 0.25) is 0 Å². The first-order valence-electron chi connectivity index (χ1n) is 12.3. The highest BCUT2D eigenvalue weighted by atomic mass is 16.9. The second-order valence-electron chi connectivity index (χ2n) is 8.85. The number of aliphatic hydroxyl groups excluding tert-OH is 2. The van der Waals surface area contributed by atoms with Crippen LogP contribution in [0.15, 0.2) is 30.3 Å². The van der Waals surface area contributed by atoms with Crippen molar-refractivity contribution in [2.24, 2.45) is 0 Å². The van der Waals surface area contributed by atoms with Crippen LogP contribution < -0.4 is 0 Å². The van der Waals surface area contributed by atoms with E-state index in [1.165, 1.54) is 76.2 Å². The van der Waals surface area contributed by atoms with E-state index in [2.05, 4.69) is 19.1 Å². The summed E-state index contributed by atoms with van der Waals surface area (Å²) in [6.45, 7) is 7.40. The molecule has 0 heterocycles. The van der Waals surface area contributed by atoms with Crippen LogP contribution in [0.5, 0.6) is 0 Å². The molecule has 7 heteroatoms. The molecule has 0 radical (unpaired) electrons. The lowest BCUT2D eigenvalue weighted by Crippen LogP contribution is -2.59. The Morgan fingerprint density at radius 3 is 1.53 bits per heavy atom. The number of benzene rings is 1. The number of aliphatic hydroxyl groups is 2. The van der Waals surface area contributed by atoms with Gasteiger partial charge in [-0.2, -0.15) is 0 Å². The average molecular weight is 455 g/mol. The molecule has 1 aromatic rings. The van der Waals surface area contributed by atoms with Crippen LogP contribution in [0.4, 0.5) is 0 Å². The summed E-state index contributed by atoms with van der Waals surface area (Å²) in [7, 11) is 0. The van der Waals surface area contributed by atoms with E-state index in [-0.39, 0.29) is 0 Å². The van der Waals surface area contributed by atoms with Crippen molar-refractivity contribution in [3.8, 4) is 0 Å². The summed E-state index contributed by atoms with van der Waals surface area (Å²) < 4.78 is 0.335. The molecule has 0 saturated heterocycles. The van der Waals surface area contributed by atoms with Gasteiger partial charge in [-0.1, -0.05) is 101 Å². The molecule has 1 aromatic carbocycles. The molecule has 2 unspecified atom stereocenters. The molecule has 0 fully saturated rings. The van der Waals surface area contributed by atoms with Crippen LogP contribution in [-0.4, -0.2) is 38.8 Å². The zero-order valence-electron chi connectivity index (χ0n) is 20.5. The van der Waals surface area contributed by atoms with Gasteiger partial charge in [0.1, 0.15) is 6.54 Å². The molecule has 2 atom stereocenters. The highest BCUT2D eigenvalue weighted by molar-refractivity contribution is 5.13. The quantitative estimate of drug-likeness (QED) is 0.0966. The topological polar surface area (TPSA) is 107 Å². The minimum Gasteiger partial charge on any atom is -0.356 e. The predicted octanol–water partition coefficient (Wildman–Crippen LogP) is 6.14. The third-order valence-corrected chi connectivity index (χ3v) is 6.24. The summed E-state index contributed by atoms with van der Waals surface area (Å²) in [5.74, 6) is 0. The fourth-order valence-corrected chi connectivity index (χ4v) is 4.20. The summed E-state index contributed by atoms with van der Waals surface area (Å²) in [4.78, 5) is 8.25. The van der Waals surface area contributed by atoms with Gasteiger partial charge in [0, 0.05) is 19.4 Å². The highest BCUT2D eigenvalue weighted by Crippen LogP contribution is 2.24. The van der Waals surface area contributed by atoms with Crippen LogP contribution in [0.1, 0.15) is 103 Å². The molecular weight excluding hydrogens is 408 g/mol. The number of rotatable bonds is 17. The average Bonchev–Trinajstić information content (AvgIpc) is 2.73. The number of nitrogens with zero attached hydrogens (tertiary/aromatic N) is 2. The van der Waals surface area contributed by atoms with Crippen molar-refractivity contribution in [3.05, 3.63) is 51.2 Å². The lowest BCUT2D eigenvalue weighted by atomic mass is 10.0. The molecule has 186 valence electrons.